The van der Waals surface area contributed by atoms with Crippen LogP contribution in [-0.4, -0.2) is 31.9 Å². The highest BCUT2D eigenvalue weighted by atomic mass is 16.7. The van der Waals surface area contributed by atoms with Crippen molar-refractivity contribution in [1.82, 2.24) is 0 Å². The number of hydrogen-bond donors (Lipinski definition) is 1. The highest BCUT2D eigenvalue weighted by molar-refractivity contribution is 6.11. The maximum absolute atomic E-state index is 12.6. The second-order valence-electron chi connectivity index (χ2n) is 4.26. The van der Waals surface area contributed by atoms with E-state index < -0.39 is 0 Å². The fourth-order valence-corrected chi connectivity index (χ4v) is 1.89. The lowest BCUT2D eigenvalue weighted by Crippen LogP contribution is -2.08. The van der Waals surface area contributed by atoms with Gasteiger partial charge in [-0.15, -0.1) is 0 Å². The molecule has 1 N–H and O–H groups in total. The Kier molecular flexibility index (Phi) is 4.79. The molecule has 110 valence electrons. The number of phenols is 1. The summed E-state index contributed by atoms with van der Waals surface area (Å²) >= 11 is 0. The lowest BCUT2D eigenvalue weighted by Gasteiger charge is -2.13. The Balaban J connectivity index is 2.41. The number of para-hydroxylation sites is 1. The van der Waals surface area contributed by atoms with Crippen molar-refractivity contribution in [3.8, 4) is 17.2 Å². The van der Waals surface area contributed by atoms with Crippen LogP contribution in [-0.2, 0) is 4.74 Å². The molecule has 0 bridgehead atoms. The van der Waals surface area contributed by atoms with E-state index in [1.807, 2.05) is 0 Å². The first-order valence-corrected chi connectivity index (χ1v) is 6.30. The number of aromatic hydroxyl groups is 1. The van der Waals surface area contributed by atoms with Crippen molar-refractivity contribution < 1.29 is 24.1 Å². The van der Waals surface area contributed by atoms with Gasteiger partial charge in [-0.05, 0) is 36.4 Å². The molecule has 0 saturated carbocycles. The summed E-state index contributed by atoms with van der Waals surface area (Å²) in [6, 6.07) is 11.1. The molecule has 5 nitrogen and oxygen atoms in total. The number of hydrogen-bond acceptors (Lipinski definition) is 5. The van der Waals surface area contributed by atoms with E-state index in [1.54, 1.807) is 30.3 Å². The monoisotopic (exact) mass is 288 g/mol. The van der Waals surface area contributed by atoms with Crippen LogP contribution >= 0.6 is 0 Å². The summed E-state index contributed by atoms with van der Waals surface area (Å²) in [6.07, 6.45) is 0. The van der Waals surface area contributed by atoms with Gasteiger partial charge in [-0.25, -0.2) is 0 Å². The van der Waals surface area contributed by atoms with E-state index in [2.05, 4.69) is 0 Å². The maximum atomic E-state index is 12.6. The van der Waals surface area contributed by atoms with Crippen molar-refractivity contribution in [3.05, 3.63) is 53.6 Å². The van der Waals surface area contributed by atoms with Crippen molar-refractivity contribution in [2.45, 2.75) is 0 Å². The first-order chi connectivity index (χ1) is 10.2. The predicted octanol–water partition coefficient (Wildman–Crippen LogP) is 2.61. The van der Waals surface area contributed by atoms with Gasteiger partial charge in [0.15, 0.2) is 24.1 Å². The maximum Gasteiger partial charge on any atom is 0.196 e. The zero-order valence-corrected chi connectivity index (χ0v) is 11.8. The van der Waals surface area contributed by atoms with Crippen molar-refractivity contribution in [1.29, 1.82) is 0 Å². The van der Waals surface area contributed by atoms with Gasteiger partial charge in [0, 0.05) is 12.7 Å². The van der Waals surface area contributed by atoms with Crippen LogP contribution in [0.5, 0.6) is 17.2 Å². The lowest BCUT2D eigenvalue weighted by atomic mass is 10.0. The highest BCUT2D eigenvalue weighted by Crippen LogP contribution is 2.32. The molecule has 0 aromatic heterocycles. The minimum atomic E-state index is -0.222. The Morgan fingerprint density at radius 3 is 2.43 bits per heavy atom. The summed E-state index contributed by atoms with van der Waals surface area (Å²) in [5.41, 5.74) is 0.820. The Morgan fingerprint density at radius 2 is 1.81 bits per heavy atom. The molecule has 0 aliphatic carbocycles. The largest absolute Gasteiger partial charge is 0.508 e. The van der Waals surface area contributed by atoms with Gasteiger partial charge in [0.2, 0.25) is 0 Å². The third kappa shape index (κ3) is 3.32. The predicted molar refractivity (Wildman–Crippen MR) is 77.0 cm³/mol. The van der Waals surface area contributed by atoms with E-state index in [4.69, 9.17) is 14.2 Å². The number of carbonyl (C=O) groups is 1. The van der Waals surface area contributed by atoms with Gasteiger partial charge in [0.05, 0.1) is 12.7 Å². The van der Waals surface area contributed by atoms with Crippen LogP contribution in [0.15, 0.2) is 42.5 Å². The fraction of sp³-hybridized carbons (Fsp3) is 0.188. The van der Waals surface area contributed by atoms with Gasteiger partial charge in [-0.1, -0.05) is 6.07 Å². The summed E-state index contributed by atoms with van der Waals surface area (Å²) in [5.74, 6) is 0.671. The molecule has 0 aliphatic rings. The molecular weight excluding hydrogens is 272 g/mol. The van der Waals surface area contributed by atoms with Gasteiger partial charge >= 0.3 is 0 Å². The Bertz CT molecular complexity index is 619. The molecule has 0 saturated heterocycles. The Hall–Kier alpha value is -2.53. The van der Waals surface area contributed by atoms with Crippen molar-refractivity contribution >= 4 is 5.78 Å². The van der Waals surface area contributed by atoms with Gasteiger partial charge in [-0.3, -0.25) is 4.79 Å². The molecule has 0 radical (unpaired) electrons. The average Bonchev–Trinajstić information content (AvgIpc) is 2.52. The van der Waals surface area contributed by atoms with Crippen molar-refractivity contribution in [3.63, 3.8) is 0 Å². The third-order valence-electron chi connectivity index (χ3n) is 2.89. The van der Waals surface area contributed by atoms with Gasteiger partial charge < -0.3 is 19.3 Å². The Morgan fingerprint density at radius 1 is 1.10 bits per heavy atom. The summed E-state index contributed by atoms with van der Waals surface area (Å²) in [7, 11) is 3.00. The smallest absolute Gasteiger partial charge is 0.196 e. The average molecular weight is 288 g/mol. The lowest BCUT2D eigenvalue weighted by molar-refractivity contribution is 0.0483. The van der Waals surface area contributed by atoms with E-state index in [-0.39, 0.29) is 18.3 Å². The highest BCUT2D eigenvalue weighted by Gasteiger charge is 2.18. The molecule has 0 fully saturated rings. The second-order valence-corrected chi connectivity index (χ2v) is 4.26. The number of ketones is 1. The first-order valence-electron chi connectivity index (χ1n) is 6.30. The van der Waals surface area contributed by atoms with Crippen LogP contribution < -0.4 is 9.47 Å². The normalized spacial score (nSPS) is 10.2. The van der Waals surface area contributed by atoms with Crippen LogP contribution in [0, 0.1) is 0 Å². The molecule has 2 aromatic carbocycles. The van der Waals surface area contributed by atoms with Gasteiger partial charge in [0.1, 0.15) is 5.75 Å². The van der Waals surface area contributed by atoms with E-state index in [1.165, 1.54) is 26.4 Å². The first kappa shape index (κ1) is 14.9. The van der Waals surface area contributed by atoms with E-state index in [0.717, 1.165) is 0 Å². The number of phenolic OH excluding ortho intramolecular Hbond substituents is 1. The molecule has 21 heavy (non-hydrogen) atoms. The molecule has 0 spiro atoms. The number of rotatable bonds is 6. The number of ether oxygens (including phenoxy) is 3. The van der Waals surface area contributed by atoms with Gasteiger partial charge in [-0.2, -0.15) is 0 Å². The summed E-state index contributed by atoms with van der Waals surface area (Å²) in [6.45, 7) is 0.0101. The molecule has 2 rings (SSSR count). The molecule has 0 aliphatic heterocycles. The molecular formula is C16H16O5. The fourth-order valence-electron chi connectivity index (χ4n) is 1.89. The van der Waals surface area contributed by atoms with E-state index >= 15 is 0 Å². The number of benzene rings is 2. The number of carbonyl (C=O) groups excluding carboxylic acids is 1. The topological polar surface area (TPSA) is 65.0 Å². The van der Waals surface area contributed by atoms with E-state index in [0.29, 0.717) is 22.6 Å². The van der Waals surface area contributed by atoms with Crippen LogP contribution in [0.1, 0.15) is 15.9 Å². The molecule has 0 amide bonds. The molecule has 0 atom stereocenters. The van der Waals surface area contributed by atoms with Gasteiger partial charge in [0.25, 0.3) is 0 Å². The van der Waals surface area contributed by atoms with Crippen molar-refractivity contribution in [2.24, 2.45) is 0 Å². The van der Waals surface area contributed by atoms with Crippen LogP contribution in [0.25, 0.3) is 0 Å². The second kappa shape index (κ2) is 6.76. The molecule has 5 heteroatoms. The zero-order valence-electron chi connectivity index (χ0n) is 11.8. The Labute approximate surface area is 122 Å². The SMILES string of the molecule is COCOc1c(OC)cccc1C(=O)c1ccc(O)cc1. The molecule has 0 heterocycles. The van der Waals surface area contributed by atoms with Crippen molar-refractivity contribution in [2.75, 3.05) is 21.0 Å². The molecule has 2 aromatic rings. The number of methoxy groups -OCH3 is 2. The van der Waals surface area contributed by atoms with Crippen LogP contribution in [0.2, 0.25) is 0 Å². The van der Waals surface area contributed by atoms with Crippen LogP contribution in [0.3, 0.4) is 0 Å². The third-order valence-corrected chi connectivity index (χ3v) is 2.89. The minimum absolute atomic E-state index is 0.0101. The standard InChI is InChI=1S/C16H16O5/c1-19-10-21-16-13(4-3-5-14(16)20-2)15(18)11-6-8-12(17)9-7-11/h3-9,17H,10H2,1-2H3. The quantitative estimate of drug-likeness (QED) is 0.654. The zero-order chi connectivity index (χ0) is 15.2. The molecule has 0 unspecified atom stereocenters. The minimum Gasteiger partial charge on any atom is -0.508 e. The summed E-state index contributed by atoms with van der Waals surface area (Å²) in [5, 5.41) is 9.29. The van der Waals surface area contributed by atoms with E-state index in [9.17, 15) is 9.90 Å². The van der Waals surface area contributed by atoms with Crippen LogP contribution in [0.4, 0.5) is 0 Å². The summed E-state index contributed by atoms with van der Waals surface area (Å²) in [4.78, 5) is 12.6. The summed E-state index contributed by atoms with van der Waals surface area (Å²) < 4.78 is 15.6.